The van der Waals surface area contributed by atoms with Crippen molar-refractivity contribution in [2.75, 3.05) is 13.7 Å². The van der Waals surface area contributed by atoms with Crippen LogP contribution in [0.2, 0.25) is 0 Å². The molecule has 1 aromatic rings. The van der Waals surface area contributed by atoms with E-state index in [-0.39, 0.29) is 0 Å². The van der Waals surface area contributed by atoms with Gasteiger partial charge in [-0.15, -0.1) is 0 Å². The van der Waals surface area contributed by atoms with Crippen LogP contribution in [0, 0.1) is 13.8 Å². The van der Waals surface area contributed by atoms with Crippen molar-refractivity contribution in [3.05, 3.63) is 22.8 Å². The Labute approximate surface area is 103 Å². The van der Waals surface area contributed by atoms with E-state index >= 15 is 0 Å². The molecule has 1 aliphatic rings. The zero-order valence-corrected chi connectivity index (χ0v) is 10.8. The first-order valence-electron chi connectivity index (χ1n) is 6.23. The molecule has 0 saturated carbocycles. The van der Waals surface area contributed by atoms with E-state index in [1.165, 1.54) is 12.8 Å². The summed E-state index contributed by atoms with van der Waals surface area (Å²) in [5.41, 5.74) is 3.13. The Morgan fingerprint density at radius 2 is 2.24 bits per heavy atom. The molecule has 1 aromatic carbocycles. The molecule has 1 atom stereocenters. The summed E-state index contributed by atoms with van der Waals surface area (Å²) < 4.78 is 5.34. The zero-order chi connectivity index (χ0) is 12.4. The lowest BCUT2D eigenvalue weighted by molar-refractivity contribution is 0.365. The van der Waals surface area contributed by atoms with Gasteiger partial charge in [-0.05, 0) is 56.3 Å². The first-order valence-corrected chi connectivity index (χ1v) is 6.23. The summed E-state index contributed by atoms with van der Waals surface area (Å²) in [6.07, 6.45) is 3.37. The summed E-state index contributed by atoms with van der Waals surface area (Å²) in [6.45, 7) is 5.05. The zero-order valence-electron chi connectivity index (χ0n) is 10.8. The quantitative estimate of drug-likeness (QED) is 0.844. The maximum atomic E-state index is 10.1. The van der Waals surface area contributed by atoms with Gasteiger partial charge in [0.05, 0.1) is 7.11 Å². The van der Waals surface area contributed by atoms with Crippen LogP contribution >= 0.6 is 0 Å². The highest BCUT2D eigenvalue weighted by atomic mass is 16.5. The Balaban J connectivity index is 2.31. The van der Waals surface area contributed by atoms with Crippen LogP contribution in [-0.4, -0.2) is 24.8 Å². The number of phenolic OH excluding ortho intramolecular Hbond substituents is 1. The molecule has 2 rings (SSSR count). The van der Waals surface area contributed by atoms with Crippen LogP contribution in [-0.2, 0) is 6.42 Å². The Morgan fingerprint density at radius 1 is 1.47 bits per heavy atom. The fraction of sp³-hybridized carbons (Fsp3) is 0.571. The molecule has 17 heavy (non-hydrogen) atoms. The number of hydrogen-bond acceptors (Lipinski definition) is 3. The number of hydrogen-bond donors (Lipinski definition) is 2. The number of methoxy groups -OCH3 is 1. The minimum absolute atomic E-state index is 0.292. The van der Waals surface area contributed by atoms with Crippen molar-refractivity contribution in [2.45, 2.75) is 39.2 Å². The van der Waals surface area contributed by atoms with E-state index in [0.717, 1.165) is 29.7 Å². The lowest BCUT2D eigenvalue weighted by Crippen LogP contribution is -2.23. The van der Waals surface area contributed by atoms with Gasteiger partial charge in [0.25, 0.3) is 0 Å². The molecule has 0 spiro atoms. The molecule has 3 heteroatoms. The maximum absolute atomic E-state index is 10.1. The predicted octanol–water partition coefficient (Wildman–Crippen LogP) is 2.31. The van der Waals surface area contributed by atoms with Gasteiger partial charge in [0.15, 0.2) is 11.5 Å². The van der Waals surface area contributed by atoms with E-state index in [4.69, 9.17) is 4.74 Å². The number of phenols is 1. The normalized spacial score (nSPS) is 19.6. The third kappa shape index (κ3) is 2.39. The van der Waals surface area contributed by atoms with E-state index in [2.05, 4.69) is 11.4 Å². The average molecular weight is 235 g/mol. The van der Waals surface area contributed by atoms with E-state index in [1.807, 2.05) is 13.8 Å². The van der Waals surface area contributed by atoms with E-state index in [9.17, 15) is 5.11 Å². The van der Waals surface area contributed by atoms with E-state index < -0.39 is 0 Å². The topological polar surface area (TPSA) is 41.5 Å². The molecule has 0 aromatic heterocycles. The lowest BCUT2D eigenvalue weighted by atomic mass is 9.98. The standard InChI is InChI=1S/C14H21NO2/c1-9-7-11(8-12-5-4-6-15-12)14(17-3)13(16)10(9)2/h7,12,15-16H,4-6,8H2,1-3H3. The predicted molar refractivity (Wildman–Crippen MR) is 68.9 cm³/mol. The van der Waals surface area contributed by atoms with Crippen LogP contribution in [0.4, 0.5) is 0 Å². The van der Waals surface area contributed by atoms with Crippen molar-refractivity contribution >= 4 is 0 Å². The number of ether oxygens (including phenoxy) is 1. The molecular weight excluding hydrogens is 214 g/mol. The molecule has 0 amide bonds. The van der Waals surface area contributed by atoms with Gasteiger partial charge >= 0.3 is 0 Å². The molecule has 1 heterocycles. The van der Waals surface area contributed by atoms with Crippen molar-refractivity contribution in [1.29, 1.82) is 0 Å². The smallest absolute Gasteiger partial charge is 0.164 e. The van der Waals surface area contributed by atoms with Crippen LogP contribution in [0.15, 0.2) is 6.07 Å². The monoisotopic (exact) mass is 235 g/mol. The summed E-state index contributed by atoms with van der Waals surface area (Å²) in [5.74, 6) is 0.933. The van der Waals surface area contributed by atoms with Crippen LogP contribution in [0.1, 0.15) is 29.5 Å². The Kier molecular flexibility index (Phi) is 3.57. The Morgan fingerprint density at radius 3 is 2.82 bits per heavy atom. The van der Waals surface area contributed by atoms with Gasteiger partial charge in [-0.3, -0.25) is 0 Å². The largest absolute Gasteiger partial charge is 0.504 e. The van der Waals surface area contributed by atoms with Gasteiger partial charge in [-0.25, -0.2) is 0 Å². The fourth-order valence-electron chi connectivity index (χ4n) is 2.52. The highest BCUT2D eigenvalue weighted by molar-refractivity contribution is 5.54. The first kappa shape index (κ1) is 12.2. The van der Waals surface area contributed by atoms with Crippen LogP contribution in [0.3, 0.4) is 0 Å². The molecule has 0 bridgehead atoms. The third-order valence-electron chi connectivity index (χ3n) is 3.68. The number of aromatic hydroxyl groups is 1. The van der Waals surface area contributed by atoms with Gasteiger partial charge in [-0.2, -0.15) is 0 Å². The molecule has 2 N–H and O–H groups in total. The number of benzene rings is 1. The molecule has 1 fully saturated rings. The molecule has 1 aliphatic heterocycles. The van der Waals surface area contributed by atoms with Crippen molar-refractivity contribution in [1.82, 2.24) is 5.32 Å². The van der Waals surface area contributed by atoms with Gasteiger partial charge in [0.1, 0.15) is 0 Å². The van der Waals surface area contributed by atoms with Crippen molar-refractivity contribution in [3.8, 4) is 11.5 Å². The molecule has 1 unspecified atom stereocenters. The second kappa shape index (κ2) is 4.96. The minimum atomic E-state index is 0.292. The molecule has 3 nitrogen and oxygen atoms in total. The van der Waals surface area contributed by atoms with Gasteiger partial charge in [-0.1, -0.05) is 6.07 Å². The van der Waals surface area contributed by atoms with Crippen LogP contribution in [0.25, 0.3) is 0 Å². The summed E-state index contributed by atoms with van der Waals surface area (Å²) in [4.78, 5) is 0. The van der Waals surface area contributed by atoms with Crippen LogP contribution in [0.5, 0.6) is 11.5 Å². The highest BCUT2D eigenvalue weighted by Crippen LogP contribution is 2.36. The maximum Gasteiger partial charge on any atom is 0.164 e. The van der Waals surface area contributed by atoms with Crippen molar-refractivity contribution in [2.24, 2.45) is 0 Å². The second-order valence-electron chi connectivity index (χ2n) is 4.86. The molecular formula is C14H21NO2. The summed E-state index contributed by atoms with van der Waals surface area (Å²) in [6, 6.07) is 2.65. The summed E-state index contributed by atoms with van der Waals surface area (Å²) >= 11 is 0. The molecule has 0 radical (unpaired) electrons. The average Bonchev–Trinajstić information content (AvgIpc) is 2.79. The first-order chi connectivity index (χ1) is 8.13. The Hall–Kier alpha value is -1.22. The summed E-state index contributed by atoms with van der Waals surface area (Å²) in [7, 11) is 1.62. The van der Waals surface area contributed by atoms with E-state index in [1.54, 1.807) is 7.11 Å². The van der Waals surface area contributed by atoms with E-state index in [0.29, 0.717) is 17.5 Å². The number of nitrogens with one attached hydrogen (secondary N) is 1. The summed E-state index contributed by atoms with van der Waals surface area (Å²) in [5, 5.41) is 13.6. The van der Waals surface area contributed by atoms with Gasteiger partial charge in [0.2, 0.25) is 0 Å². The third-order valence-corrected chi connectivity index (χ3v) is 3.68. The molecule has 94 valence electrons. The van der Waals surface area contributed by atoms with Crippen molar-refractivity contribution in [3.63, 3.8) is 0 Å². The Bertz CT molecular complexity index is 409. The molecule has 0 aliphatic carbocycles. The minimum Gasteiger partial charge on any atom is -0.504 e. The number of aryl methyl sites for hydroxylation is 1. The van der Waals surface area contributed by atoms with Gasteiger partial charge in [0, 0.05) is 6.04 Å². The molecule has 1 saturated heterocycles. The SMILES string of the molecule is COc1c(CC2CCCN2)cc(C)c(C)c1O. The van der Waals surface area contributed by atoms with Crippen LogP contribution < -0.4 is 10.1 Å². The lowest BCUT2D eigenvalue weighted by Gasteiger charge is -2.17. The second-order valence-corrected chi connectivity index (χ2v) is 4.86. The number of rotatable bonds is 3. The highest BCUT2D eigenvalue weighted by Gasteiger charge is 2.19. The fourth-order valence-corrected chi connectivity index (χ4v) is 2.52. The van der Waals surface area contributed by atoms with Gasteiger partial charge < -0.3 is 15.2 Å². The van der Waals surface area contributed by atoms with Crippen molar-refractivity contribution < 1.29 is 9.84 Å².